The minimum atomic E-state index is -0.565. The van der Waals surface area contributed by atoms with Crippen LogP contribution in [-0.2, 0) is 22.6 Å². The highest BCUT2D eigenvalue weighted by atomic mass is 16.7. The highest BCUT2D eigenvalue weighted by Crippen LogP contribution is 2.38. The van der Waals surface area contributed by atoms with E-state index in [2.05, 4.69) is 50.8 Å². The van der Waals surface area contributed by atoms with Crippen molar-refractivity contribution in [1.82, 2.24) is 9.80 Å². The Bertz CT molecular complexity index is 1810. The van der Waals surface area contributed by atoms with Gasteiger partial charge in [0, 0.05) is 62.6 Å². The van der Waals surface area contributed by atoms with Gasteiger partial charge in [-0.2, -0.15) is 0 Å². The molecule has 2 aliphatic heterocycles. The topological polar surface area (TPSA) is 95.5 Å². The van der Waals surface area contributed by atoms with Crippen LogP contribution in [0.4, 0.5) is 16.2 Å². The van der Waals surface area contributed by atoms with Crippen molar-refractivity contribution in [2.24, 2.45) is 0 Å². The number of para-hydroxylation sites is 1. The van der Waals surface area contributed by atoms with Crippen LogP contribution in [0.3, 0.4) is 0 Å². The van der Waals surface area contributed by atoms with Crippen LogP contribution in [0.1, 0.15) is 41.1 Å². The summed E-state index contributed by atoms with van der Waals surface area (Å²) in [6.45, 7) is 5.81. The quantitative estimate of drug-likeness (QED) is 0.130. The van der Waals surface area contributed by atoms with Crippen LogP contribution in [0.2, 0.25) is 0 Å². The summed E-state index contributed by atoms with van der Waals surface area (Å²) in [5, 5.41) is 15.3. The molecule has 2 heterocycles. The van der Waals surface area contributed by atoms with Gasteiger partial charge in [-0.3, -0.25) is 9.80 Å². The van der Waals surface area contributed by atoms with Crippen LogP contribution in [0.25, 0.3) is 0 Å². The molecule has 0 aromatic heterocycles. The molecule has 3 unspecified atom stereocenters. The molecule has 7 rings (SSSR count). The molecule has 5 aromatic rings. The van der Waals surface area contributed by atoms with Crippen molar-refractivity contribution < 1.29 is 24.1 Å². The molecule has 3 N–H and O–H groups in total. The zero-order valence-electron chi connectivity index (χ0n) is 28.6. The predicted molar refractivity (Wildman–Crippen MR) is 199 cm³/mol. The summed E-state index contributed by atoms with van der Waals surface area (Å²) in [7, 11) is 0. The number of nitrogens with zero attached hydrogens (tertiary/aromatic N) is 2. The van der Waals surface area contributed by atoms with E-state index in [4.69, 9.17) is 14.2 Å². The van der Waals surface area contributed by atoms with Gasteiger partial charge in [0.25, 0.3) is 0 Å². The number of hydrogen-bond acceptors (Lipinski definition) is 7. The van der Waals surface area contributed by atoms with Gasteiger partial charge in [0.15, 0.2) is 6.29 Å². The van der Waals surface area contributed by atoms with Crippen molar-refractivity contribution >= 4 is 17.4 Å². The zero-order chi connectivity index (χ0) is 34.8. The minimum Gasteiger partial charge on any atom is -0.457 e. The molecule has 0 spiro atoms. The third-order valence-corrected chi connectivity index (χ3v) is 9.32. The molecular formula is C42H44N4O5. The first-order chi connectivity index (χ1) is 25.1. The fourth-order valence-corrected chi connectivity index (χ4v) is 6.54. The van der Waals surface area contributed by atoms with Crippen molar-refractivity contribution in [1.29, 1.82) is 0 Å². The molecule has 5 aromatic carbocycles. The summed E-state index contributed by atoms with van der Waals surface area (Å²) in [5.74, 6) is 1.43. The van der Waals surface area contributed by atoms with Gasteiger partial charge in [0.1, 0.15) is 11.5 Å². The molecule has 0 saturated carbocycles. The number of hydrogen-bond donors (Lipinski definition) is 3. The molecule has 262 valence electrons. The number of ether oxygens (including phenoxy) is 3. The second kappa shape index (κ2) is 16.8. The first-order valence-corrected chi connectivity index (χ1v) is 17.6. The van der Waals surface area contributed by atoms with E-state index in [1.54, 1.807) is 12.1 Å². The normalized spacial score (nSPS) is 19.7. The maximum absolute atomic E-state index is 12.8. The average Bonchev–Trinajstić information content (AvgIpc) is 3.17. The second-order valence-electron chi connectivity index (χ2n) is 13.1. The SMILES string of the molecule is O=C(Nc1ccc(Oc2ccccc2)cc1)Nc1ccc(C2OC(CN3CCN(Cc4ccccc4)CC3)CC(c3ccc(CO)cc3)O2)cc1. The highest BCUT2D eigenvalue weighted by Gasteiger charge is 2.34. The van der Waals surface area contributed by atoms with Crippen molar-refractivity contribution in [3.63, 3.8) is 0 Å². The number of benzene rings is 5. The van der Waals surface area contributed by atoms with Gasteiger partial charge >= 0.3 is 6.03 Å². The summed E-state index contributed by atoms with van der Waals surface area (Å²) in [6, 6.07) is 42.6. The molecule has 3 atom stereocenters. The van der Waals surface area contributed by atoms with Crippen molar-refractivity contribution in [3.05, 3.63) is 156 Å². The molecule has 2 amide bonds. The Hall–Kier alpha value is -5.03. The van der Waals surface area contributed by atoms with Crippen molar-refractivity contribution in [2.45, 2.75) is 38.1 Å². The standard InChI is InChI=1S/C42H44N4O5/c47-30-32-11-13-33(14-12-32)40-27-39(29-46-25-23-45(24-26-46)28-31-7-3-1-4-8-31)50-41(51-40)34-15-17-35(18-16-34)43-42(48)44-36-19-21-38(22-20-36)49-37-9-5-2-6-10-37/h1-22,39-41,47H,23-30H2,(H2,43,44,48). The third kappa shape index (κ3) is 9.61. The summed E-state index contributed by atoms with van der Waals surface area (Å²) in [4.78, 5) is 17.8. The number of piperazine rings is 1. The van der Waals surface area contributed by atoms with Crippen molar-refractivity contribution in [2.75, 3.05) is 43.4 Å². The lowest BCUT2D eigenvalue weighted by Crippen LogP contribution is -2.49. The Labute approximate surface area is 299 Å². The molecule has 51 heavy (non-hydrogen) atoms. The van der Waals surface area contributed by atoms with Gasteiger partial charge in [-0.25, -0.2) is 4.79 Å². The number of carbonyl (C=O) groups excluding carboxylic acids is 1. The molecule has 0 bridgehead atoms. The smallest absolute Gasteiger partial charge is 0.323 e. The predicted octanol–water partition coefficient (Wildman–Crippen LogP) is 7.98. The Morgan fingerprint density at radius 1 is 0.647 bits per heavy atom. The highest BCUT2D eigenvalue weighted by molar-refractivity contribution is 5.99. The molecule has 2 aliphatic rings. The number of aliphatic hydroxyl groups is 1. The second-order valence-corrected chi connectivity index (χ2v) is 13.1. The van der Waals surface area contributed by atoms with Crippen LogP contribution in [0.15, 0.2) is 133 Å². The van der Waals surface area contributed by atoms with Gasteiger partial charge < -0.3 is 30.0 Å². The fourth-order valence-electron chi connectivity index (χ4n) is 6.54. The van der Waals surface area contributed by atoms with Crippen LogP contribution >= 0.6 is 0 Å². The summed E-state index contributed by atoms with van der Waals surface area (Å²) in [5.41, 5.74) is 5.46. The maximum Gasteiger partial charge on any atom is 0.323 e. The number of amides is 2. The largest absolute Gasteiger partial charge is 0.457 e. The average molecular weight is 685 g/mol. The zero-order valence-corrected chi connectivity index (χ0v) is 28.6. The number of rotatable bonds is 11. The fraction of sp³-hybridized carbons (Fsp3) is 0.262. The van der Waals surface area contributed by atoms with Gasteiger partial charge in [0.2, 0.25) is 0 Å². The van der Waals surface area contributed by atoms with Crippen molar-refractivity contribution in [3.8, 4) is 11.5 Å². The van der Waals surface area contributed by atoms with E-state index in [1.165, 1.54) is 5.56 Å². The first kappa shape index (κ1) is 34.4. The minimum absolute atomic E-state index is 0.00478. The van der Waals surface area contributed by atoms with E-state index in [9.17, 15) is 9.90 Å². The number of carbonyl (C=O) groups is 1. The Morgan fingerprint density at radius 2 is 1.22 bits per heavy atom. The van der Waals surface area contributed by atoms with E-state index >= 15 is 0 Å². The molecule has 2 fully saturated rings. The Morgan fingerprint density at radius 3 is 1.86 bits per heavy atom. The van der Waals surface area contributed by atoms with E-state index in [1.807, 2.05) is 91.0 Å². The van der Waals surface area contributed by atoms with E-state index in [-0.39, 0.29) is 24.8 Å². The molecular weight excluding hydrogens is 640 g/mol. The van der Waals surface area contributed by atoms with E-state index < -0.39 is 6.29 Å². The number of anilines is 2. The molecule has 9 heteroatoms. The number of aliphatic hydroxyl groups excluding tert-OH is 1. The monoisotopic (exact) mass is 684 g/mol. The lowest BCUT2D eigenvalue weighted by Gasteiger charge is -2.40. The lowest BCUT2D eigenvalue weighted by atomic mass is 9.99. The molecule has 2 saturated heterocycles. The van der Waals surface area contributed by atoms with Crippen LogP contribution in [0.5, 0.6) is 11.5 Å². The summed E-state index contributed by atoms with van der Waals surface area (Å²) in [6.07, 6.45) is -0.0164. The number of nitrogens with one attached hydrogen (secondary N) is 2. The molecule has 9 nitrogen and oxygen atoms in total. The Balaban J connectivity index is 0.959. The van der Waals surface area contributed by atoms with Gasteiger partial charge in [0.05, 0.1) is 18.8 Å². The van der Waals surface area contributed by atoms with E-state index in [0.29, 0.717) is 17.1 Å². The van der Waals surface area contributed by atoms with Crippen LogP contribution in [-0.4, -0.2) is 59.8 Å². The maximum atomic E-state index is 12.8. The first-order valence-electron chi connectivity index (χ1n) is 17.6. The van der Waals surface area contributed by atoms with Crippen LogP contribution < -0.4 is 15.4 Å². The summed E-state index contributed by atoms with van der Waals surface area (Å²) < 4.78 is 19.0. The van der Waals surface area contributed by atoms with Gasteiger partial charge in [-0.05, 0) is 65.2 Å². The number of urea groups is 1. The van der Waals surface area contributed by atoms with E-state index in [0.717, 1.165) is 68.1 Å². The summed E-state index contributed by atoms with van der Waals surface area (Å²) >= 11 is 0. The van der Waals surface area contributed by atoms with Gasteiger partial charge in [-0.15, -0.1) is 0 Å². The molecule has 0 aliphatic carbocycles. The Kier molecular flexibility index (Phi) is 11.3. The molecule has 0 radical (unpaired) electrons. The van der Waals surface area contributed by atoms with Crippen LogP contribution in [0, 0.1) is 0 Å². The lowest BCUT2D eigenvalue weighted by molar-refractivity contribution is -0.253. The van der Waals surface area contributed by atoms with Gasteiger partial charge in [-0.1, -0.05) is 84.9 Å². The third-order valence-electron chi connectivity index (χ3n) is 9.32.